The molecule has 0 heterocycles. The van der Waals surface area contributed by atoms with E-state index in [4.69, 9.17) is 4.74 Å². The SMILES string of the molecule is CCOC(=O)COC(=O)C1CCCC1. The highest BCUT2D eigenvalue weighted by Gasteiger charge is 2.24. The summed E-state index contributed by atoms with van der Waals surface area (Å²) in [5, 5.41) is 0. The highest BCUT2D eigenvalue weighted by atomic mass is 16.6. The van der Waals surface area contributed by atoms with Crippen molar-refractivity contribution in [1.29, 1.82) is 0 Å². The van der Waals surface area contributed by atoms with Gasteiger partial charge in [0.05, 0.1) is 12.5 Å². The van der Waals surface area contributed by atoms with E-state index >= 15 is 0 Å². The molecule has 0 spiro atoms. The Morgan fingerprint density at radius 2 is 1.86 bits per heavy atom. The first-order valence-corrected chi connectivity index (χ1v) is 5.06. The summed E-state index contributed by atoms with van der Waals surface area (Å²) in [4.78, 5) is 22.2. The van der Waals surface area contributed by atoms with Gasteiger partial charge in [0.25, 0.3) is 0 Å². The van der Waals surface area contributed by atoms with E-state index in [-0.39, 0.29) is 18.5 Å². The van der Waals surface area contributed by atoms with Crippen LogP contribution in [0.5, 0.6) is 0 Å². The van der Waals surface area contributed by atoms with E-state index < -0.39 is 5.97 Å². The molecule has 0 unspecified atom stereocenters. The van der Waals surface area contributed by atoms with Crippen LogP contribution in [0.3, 0.4) is 0 Å². The lowest BCUT2D eigenvalue weighted by atomic mass is 10.1. The van der Waals surface area contributed by atoms with Gasteiger partial charge in [0.1, 0.15) is 0 Å². The highest BCUT2D eigenvalue weighted by Crippen LogP contribution is 2.25. The van der Waals surface area contributed by atoms with Gasteiger partial charge in [-0.3, -0.25) is 4.79 Å². The van der Waals surface area contributed by atoms with Crippen LogP contribution in [0.2, 0.25) is 0 Å². The predicted octanol–water partition coefficient (Wildman–Crippen LogP) is 1.28. The zero-order valence-electron chi connectivity index (χ0n) is 8.45. The van der Waals surface area contributed by atoms with Gasteiger partial charge in [-0.2, -0.15) is 0 Å². The van der Waals surface area contributed by atoms with Crippen molar-refractivity contribution in [2.24, 2.45) is 5.92 Å². The second kappa shape index (κ2) is 5.62. The molecule has 0 bridgehead atoms. The van der Waals surface area contributed by atoms with Crippen molar-refractivity contribution in [2.75, 3.05) is 13.2 Å². The van der Waals surface area contributed by atoms with Gasteiger partial charge in [-0.15, -0.1) is 0 Å². The molecule has 1 aliphatic carbocycles. The summed E-state index contributed by atoms with van der Waals surface area (Å²) in [6.07, 6.45) is 3.95. The molecule has 4 heteroatoms. The Kier molecular flexibility index (Phi) is 4.43. The fraction of sp³-hybridized carbons (Fsp3) is 0.800. The fourth-order valence-electron chi connectivity index (χ4n) is 1.61. The maximum Gasteiger partial charge on any atom is 0.344 e. The summed E-state index contributed by atoms with van der Waals surface area (Å²) in [6, 6.07) is 0. The minimum atomic E-state index is -0.473. The molecule has 0 aromatic rings. The lowest BCUT2D eigenvalue weighted by Gasteiger charge is -2.08. The topological polar surface area (TPSA) is 52.6 Å². The van der Waals surface area contributed by atoms with Crippen LogP contribution < -0.4 is 0 Å². The Balaban J connectivity index is 2.17. The number of hydrogen-bond donors (Lipinski definition) is 0. The van der Waals surface area contributed by atoms with Gasteiger partial charge in [0.15, 0.2) is 6.61 Å². The lowest BCUT2D eigenvalue weighted by molar-refractivity contribution is -0.160. The van der Waals surface area contributed by atoms with Gasteiger partial charge in [-0.1, -0.05) is 12.8 Å². The summed E-state index contributed by atoms with van der Waals surface area (Å²) < 4.78 is 9.47. The third kappa shape index (κ3) is 3.36. The van der Waals surface area contributed by atoms with E-state index in [1.54, 1.807) is 6.92 Å². The molecule has 1 rings (SSSR count). The average Bonchev–Trinajstić information content (AvgIpc) is 2.67. The minimum Gasteiger partial charge on any atom is -0.463 e. The summed E-state index contributed by atoms with van der Waals surface area (Å²) in [5.74, 6) is -0.723. The molecule has 0 atom stereocenters. The van der Waals surface area contributed by atoms with Gasteiger partial charge < -0.3 is 9.47 Å². The van der Waals surface area contributed by atoms with Crippen molar-refractivity contribution in [1.82, 2.24) is 0 Å². The van der Waals surface area contributed by atoms with Crippen LogP contribution in [0.1, 0.15) is 32.6 Å². The molecular formula is C10H16O4. The Bertz CT molecular complexity index is 206. The second-order valence-corrected chi connectivity index (χ2v) is 3.39. The van der Waals surface area contributed by atoms with E-state index in [0.29, 0.717) is 6.61 Å². The summed E-state index contributed by atoms with van der Waals surface area (Å²) in [7, 11) is 0. The molecular weight excluding hydrogens is 184 g/mol. The van der Waals surface area contributed by atoms with Crippen LogP contribution in [-0.2, 0) is 19.1 Å². The van der Waals surface area contributed by atoms with Gasteiger partial charge >= 0.3 is 11.9 Å². The van der Waals surface area contributed by atoms with Crippen molar-refractivity contribution in [3.63, 3.8) is 0 Å². The molecule has 0 N–H and O–H groups in total. The number of esters is 2. The Labute approximate surface area is 83.6 Å². The maximum absolute atomic E-state index is 11.3. The van der Waals surface area contributed by atoms with Crippen LogP contribution in [0.4, 0.5) is 0 Å². The number of rotatable bonds is 4. The van der Waals surface area contributed by atoms with E-state index in [1.807, 2.05) is 0 Å². The third-order valence-electron chi connectivity index (χ3n) is 2.33. The normalized spacial score (nSPS) is 16.6. The van der Waals surface area contributed by atoms with Gasteiger partial charge in [-0.25, -0.2) is 4.79 Å². The van der Waals surface area contributed by atoms with Crippen molar-refractivity contribution in [2.45, 2.75) is 32.6 Å². The molecule has 0 aromatic heterocycles. The van der Waals surface area contributed by atoms with Crippen LogP contribution in [0.15, 0.2) is 0 Å². The second-order valence-electron chi connectivity index (χ2n) is 3.39. The molecule has 80 valence electrons. The predicted molar refractivity (Wildman–Crippen MR) is 49.6 cm³/mol. The monoisotopic (exact) mass is 200 g/mol. The molecule has 0 radical (unpaired) electrons. The molecule has 0 saturated heterocycles. The molecule has 4 nitrogen and oxygen atoms in total. The number of carbonyl (C=O) groups excluding carboxylic acids is 2. The molecule has 1 fully saturated rings. The quantitative estimate of drug-likeness (QED) is 0.641. The van der Waals surface area contributed by atoms with E-state index in [0.717, 1.165) is 25.7 Å². The van der Waals surface area contributed by atoms with Crippen LogP contribution >= 0.6 is 0 Å². The smallest absolute Gasteiger partial charge is 0.344 e. The first kappa shape index (κ1) is 11.0. The zero-order valence-corrected chi connectivity index (χ0v) is 8.45. The Morgan fingerprint density at radius 3 is 2.43 bits per heavy atom. The van der Waals surface area contributed by atoms with Gasteiger partial charge in [0, 0.05) is 0 Å². The standard InChI is InChI=1S/C10H16O4/c1-2-13-9(11)7-14-10(12)8-5-3-4-6-8/h8H,2-7H2,1H3. The minimum absolute atomic E-state index is 0.00410. The maximum atomic E-state index is 11.3. The molecule has 0 amide bonds. The van der Waals surface area contributed by atoms with E-state index in [2.05, 4.69) is 4.74 Å². The molecule has 1 aliphatic rings. The van der Waals surface area contributed by atoms with Gasteiger partial charge in [-0.05, 0) is 19.8 Å². The number of carbonyl (C=O) groups is 2. The molecule has 0 aliphatic heterocycles. The average molecular weight is 200 g/mol. The summed E-state index contributed by atoms with van der Waals surface area (Å²) >= 11 is 0. The van der Waals surface area contributed by atoms with Crippen molar-refractivity contribution < 1.29 is 19.1 Å². The van der Waals surface area contributed by atoms with Crippen LogP contribution in [0.25, 0.3) is 0 Å². The van der Waals surface area contributed by atoms with E-state index in [1.165, 1.54) is 0 Å². The van der Waals surface area contributed by atoms with Crippen molar-refractivity contribution >= 4 is 11.9 Å². The molecule has 0 aromatic carbocycles. The molecule has 1 saturated carbocycles. The zero-order chi connectivity index (χ0) is 10.4. The van der Waals surface area contributed by atoms with Crippen molar-refractivity contribution in [3.8, 4) is 0 Å². The lowest BCUT2D eigenvalue weighted by Crippen LogP contribution is -2.20. The van der Waals surface area contributed by atoms with Crippen LogP contribution in [0, 0.1) is 5.92 Å². The first-order chi connectivity index (χ1) is 6.74. The summed E-state index contributed by atoms with van der Waals surface area (Å²) in [6.45, 7) is 1.79. The van der Waals surface area contributed by atoms with Crippen molar-refractivity contribution in [3.05, 3.63) is 0 Å². The molecule has 14 heavy (non-hydrogen) atoms. The summed E-state index contributed by atoms with van der Waals surface area (Å²) in [5.41, 5.74) is 0. The number of hydrogen-bond acceptors (Lipinski definition) is 4. The van der Waals surface area contributed by atoms with Gasteiger partial charge in [0.2, 0.25) is 0 Å². The van der Waals surface area contributed by atoms with E-state index in [9.17, 15) is 9.59 Å². The van der Waals surface area contributed by atoms with Crippen LogP contribution in [-0.4, -0.2) is 25.2 Å². The Hall–Kier alpha value is -1.06. The fourth-order valence-corrected chi connectivity index (χ4v) is 1.61. The third-order valence-corrected chi connectivity index (χ3v) is 2.33. The largest absolute Gasteiger partial charge is 0.463 e. The Morgan fingerprint density at radius 1 is 1.21 bits per heavy atom. The highest BCUT2D eigenvalue weighted by molar-refractivity contribution is 5.77. The first-order valence-electron chi connectivity index (χ1n) is 5.06. The number of ether oxygens (including phenoxy) is 2.